The molecule has 0 aliphatic heterocycles. The first kappa shape index (κ1) is 21.4. The number of aliphatic hydroxyl groups excluding tert-OH is 1. The summed E-state index contributed by atoms with van der Waals surface area (Å²) in [5.74, 6) is 2.82. The molecule has 0 heterocycles. The Morgan fingerprint density at radius 3 is 2.34 bits per heavy atom. The Labute approximate surface area is 178 Å². The zero-order valence-electron chi connectivity index (χ0n) is 19.6. The highest BCUT2D eigenvalue weighted by atomic mass is 16.3. The number of carbonyl (C=O) groups is 1. The first-order valence-corrected chi connectivity index (χ1v) is 12.3. The van der Waals surface area contributed by atoms with Gasteiger partial charge in [-0.15, -0.1) is 0 Å². The molecule has 4 rings (SSSR count). The second kappa shape index (κ2) is 7.39. The number of aliphatic hydroxyl groups is 1. The lowest BCUT2D eigenvalue weighted by molar-refractivity contribution is -0.146. The second-order valence-corrected chi connectivity index (χ2v) is 11.7. The van der Waals surface area contributed by atoms with Crippen molar-refractivity contribution in [2.24, 2.45) is 34.5 Å². The van der Waals surface area contributed by atoms with E-state index in [9.17, 15) is 9.90 Å². The van der Waals surface area contributed by atoms with E-state index in [1.165, 1.54) is 31.3 Å². The van der Waals surface area contributed by atoms with Gasteiger partial charge in [0.25, 0.3) is 0 Å². The van der Waals surface area contributed by atoms with E-state index in [0.717, 1.165) is 37.5 Å². The smallest absolute Gasteiger partial charge is 0.226 e. The Kier molecular flexibility index (Phi) is 5.46. The average molecular weight is 402 g/mol. The molecule has 1 N–H and O–H groups in total. The van der Waals surface area contributed by atoms with Gasteiger partial charge in [0.2, 0.25) is 5.91 Å². The van der Waals surface area contributed by atoms with E-state index in [1.54, 1.807) is 0 Å². The summed E-state index contributed by atoms with van der Waals surface area (Å²) in [5, 5.41) is 10.2. The van der Waals surface area contributed by atoms with E-state index in [-0.39, 0.29) is 34.9 Å². The third-order valence-electron chi connectivity index (χ3n) is 9.75. The molecular weight excluding hydrogens is 358 g/mol. The molecule has 164 valence electrons. The van der Waals surface area contributed by atoms with Crippen molar-refractivity contribution in [2.45, 2.75) is 111 Å². The van der Waals surface area contributed by atoms with Crippen LogP contribution in [0.15, 0.2) is 11.6 Å². The van der Waals surface area contributed by atoms with Crippen LogP contribution in [-0.4, -0.2) is 34.1 Å². The average Bonchev–Trinajstić information content (AvgIpc) is 2.99. The zero-order valence-corrected chi connectivity index (χ0v) is 19.6. The Bertz CT molecular complexity index is 674. The summed E-state index contributed by atoms with van der Waals surface area (Å²) < 4.78 is 0. The number of hydrogen-bond acceptors (Lipinski definition) is 2. The molecule has 3 heteroatoms. The maximum absolute atomic E-state index is 13.7. The van der Waals surface area contributed by atoms with Gasteiger partial charge in [0.05, 0.1) is 6.10 Å². The zero-order chi connectivity index (χ0) is 21.1. The van der Waals surface area contributed by atoms with Crippen molar-refractivity contribution in [1.29, 1.82) is 0 Å². The molecule has 3 nitrogen and oxygen atoms in total. The Morgan fingerprint density at radius 1 is 1.00 bits per heavy atom. The summed E-state index contributed by atoms with van der Waals surface area (Å²) in [6.07, 6.45) is 11.2. The SMILES string of the molecule is CC(C)N(C(=O)[C@H]1CC[C@H]2[C@@H]3CCC4=C[C@@H](O)CC[C@]4(C)[C@H]3CC[C@]12C)C(C)C. The molecule has 0 unspecified atom stereocenters. The molecule has 0 aromatic heterocycles. The van der Waals surface area contributed by atoms with Gasteiger partial charge in [-0.2, -0.15) is 0 Å². The van der Waals surface area contributed by atoms with Crippen molar-refractivity contribution >= 4 is 5.91 Å². The Morgan fingerprint density at radius 2 is 1.69 bits per heavy atom. The number of nitrogens with zero attached hydrogens (tertiary/aromatic N) is 1. The van der Waals surface area contributed by atoms with Crippen molar-refractivity contribution in [3.05, 3.63) is 11.6 Å². The highest BCUT2D eigenvalue weighted by molar-refractivity contribution is 5.80. The number of allylic oxidation sites excluding steroid dienone is 1. The van der Waals surface area contributed by atoms with Crippen LogP contribution in [0.3, 0.4) is 0 Å². The van der Waals surface area contributed by atoms with E-state index in [0.29, 0.717) is 11.8 Å². The number of fused-ring (bicyclic) bond motifs is 5. The van der Waals surface area contributed by atoms with Crippen LogP contribution < -0.4 is 0 Å². The van der Waals surface area contributed by atoms with Crippen LogP contribution in [-0.2, 0) is 4.79 Å². The van der Waals surface area contributed by atoms with E-state index in [2.05, 4.69) is 52.5 Å². The first-order chi connectivity index (χ1) is 13.6. The normalized spacial score (nSPS) is 44.2. The third-order valence-corrected chi connectivity index (χ3v) is 9.75. The van der Waals surface area contributed by atoms with Crippen LogP contribution in [0.1, 0.15) is 92.9 Å². The number of hydrogen-bond donors (Lipinski definition) is 1. The monoisotopic (exact) mass is 401 g/mol. The first-order valence-electron chi connectivity index (χ1n) is 12.3. The van der Waals surface area contributed by atoms with Gasteiger partial charge in [-0.3, -0.25) is 4.79 Å². The second-order valence-electron chi connectivity index (χ2n) is 11.7. The number of rotatable bonds is 3. The van der Waals surface area contributed by atoms with E-state index in [1.807, 2.05) is 0 Å². The van der Waals surface area contributed by atoms with Crippen molar-refractivity contribution < 1.29 is 9.90 Å². The van der Waals surface area contributed by atoms with Gasteiger partial charge in [-0.05, 0) is 108 Å². The molecule has 4 aliphatic carbocycles. The van der Waals surface area contributed by atoms with Crippen LogP contribution in [0, 0.1) is 34.5 Å². The molecule has 0 aromatic rings. The standard InChI is InChI=1S/C26H43NO2/c1-16(2)27(17(3)4)24(29)23-10-9-21-20-8-7-18-15-19(28)11-13-25(18,5)22(20)12-14-26(21,23)6/h15-17,19-23,28H,7-14H2,1-6H3/t19-,20-,21-,22-,23+,25-,26-/m0/s1. The fourth-order valence-corrected chi connectivity index (χ4v) is 8.40. The topological polar surface area (TPSA) is 40.5 Å². The van der Waals surface area contributed by atoms with Gasteiger partial charge in [0.15, 0.2) is 0 Å². The summed E-state index contributed by atoms with van der Waals surface area (Å²) in [6, 6.07) is 0.549. The maximum Gasteiger partial charge on any atom is 0.226 e. The summed E-state index contributed by atoms with van der Waals surface area (Å²) in [7, 11) is 0. The van der Waals surface area contributed by atoms with Gasteiger partial charge in [-0.1, -0.05) is 25.5 Å². The molecule has 29 heavy (non-hydrogen) atoms. The van der Waals surface area contributed by atoms with Crippen LogP contribution in [0.2, 0.25) is 0 Å². The van der Waals surface area contributed by atoms with Crippen molar-refractivity contribution in [3.8, 4) is 0 Å². The fourth-order valence-electron chi connectivity index (χ4n) is 8.40. The van der Waals surface area contributed by atoms with E-state index in [4.69, 9.17) is 0 Å². The lowest BCUT2D eigenvalue weighted by Gasteiger charge is -2.58. The quantitative estimate of drug-likeness (QED) is 0.628. The molecule has 0 bridgehead atoms. The van der Waals surface area contributed by atoms with E-state index < -0.39 is 0 Å². The number of amides is 1. The van der Waals surface area contributed by atoms with Gasteiger partial charge in [0, 0.05) is 18.0 Å². The predicted octanol–water partition coefficient (Wildman–Crippen LogP) is 5.57. The van der Waals surface area contributed by atoms with Gasteiger partial charge in [0.1, 0.15) is 0 Å². The van der Waals surface area contributed by atoms with Crippen molar-refractivity contribution in [1.82, 2.24) is 4.90 Å². The lowest BCUT2D eigenvalue weighted by Crippen LogP contribution is -2.53. The summed E-state index contributed by atoms with van der Waals surface area (Å²) in [6.45, 7) is 13.6. The largest absolute Gasteiger partial charge is 0.389 e. The van der Waals surface area contributed by atoms with Crippen LogP contribution in [0.5, 0.6) is 0 Å². The van der Waals surface area contributed by atoms with Crippen molar-refractivity contribution in [2.75, 3.05) is 0 Å². The lowest BCUT2D eigenvalue weighted by atomic mass is 9.47. The fraction of sp³-hybridized carbons (Fsp3) is 0.885. The minimum Gasteiger partial charge on any atom is -0.389 e. The maximum atomic E-state index is 13.7. The molecule has 1 amide bonds. The highest BCUT2D eigenvalue weighted by Crippen LogP contribution is 2.66. The third kappa shape index (κ3) is 3.22. The predicted molar refractivity (Wildman–Crippen MR) is 118 cm³/mol. The van der Waals surface area contributed by atoms with Gasteiger partial charge < -0.3 is 10.0 Å². The van der Waals surface area contributed by atoms with Crippen LogP contribution in [0.25, 0.3) is 0 Å². The van der Waals surface area contributed by atoms with Crippen LogP contribution in [0.4, 0.5) is 0 Å². The highest BCUT2D eigenvalue weighted by Gasteiger charge is 2.60. The minimum atomic E-state index is -0.227. The molecule has 7 atom stereocenters. The summed E-state index contributed by atoms with van der Waals surface area (Å²) in [4.78, 5) is 15.8. The molecule has 0 saturated heterocycles. The van der Waals surface area contributed by atoms with Gasteiger partial charge >= 0.3 is 0 Å². The summed E-state index contributed by atoms with van der Waals surface area (Å²) in [5.41, 5.74) is 2.00. The molecular formula is C26H43NO2. The summed E-state index contributed by atoms with van der Waals surface area (Å²) >= 11 is 0. The van der Waals surface area contributed by atoms with Crippen molar-refractivity contribution in [3.63, 3.8) is 0 Å². The molecule has 3 saturated carbocycles. The van der Waals surface area contributed by atoms with Crippen LogP contribution >= 0.6 is 0 Å². The van der Waals surface area contributed by atoms with E-state index >= 15 is 0 Å². The number of carbonyl (C=O) groups excluding carboxylic acids is 1. The minimum absolute atomic E-state index is 0.173. The van der Waals surface area contributed by atoms with Gasteiger partial charge in [-0.25, -0.2) is 0 Å². The molecule has 0 aromatic carbocycles. The molecule has 4 aliphatic rings. The molecule has 3 fully saturated rings. The Hall–Kier alpha value is -0.830. The molecule has 0 spiro atoms. The Balaban J connectivity index is 1.59. The molecule has 0 radical (unpaired) electrons.